The van der Waals surface area contributed by atoms with E-state index in [0.717, 1.165) is 0 Å². The molecule has 1 aromatic rings. The largest absolute Gasteiger partial charge is 1.00 e. The van der Waals surface area contributed by atoms with Crippen molar-refractivity contribution in [1.29, 1.82) is 0 Å². The maximum Gasteiger partial charge on any atom is 1.00 e. The molecule has 1 aliphatic rings. The smallest absolute Gasteiger partial charge is 0.506 e. The van der Waals surface area contributed by atoms with Gasteiger partial charge >= 0.3 is 29.6 Å². The molecule has 1 aromatic carbocycles. The van der Waals surface area contributed by atoms with Gasteiger partial charge in [0.15, 0.2) is 5.78 Å². The number of carbonyl (C=O) groups is 1. The van der Waals surface area contributed by atoms with E-state index < -0.39 is 0 Å². The number of allylic oxidation sites excluding steroid dienone is 4. The number of nitrogens with zero attached hydrogens (tertiary/aromatic N) is 1. The maximum absolute atomic E-state index is 10.9. The van der Waals surface area contributed by atoms with Crippen LogP contribution >= 0.6 is 31.9 Å². The first kappa shape index (κ1) is 15.9. The molecule has 86 valence electrons. The van der Waals surface area contributed by atoms with E-state index in [1.165, 1.54) is 12.2 Å². The van der Waals surface area contributed by atoms with Crippen LogP contribution in [-0.2, 0) is 4.79 Å². The first-order valence-corrected chi connectivity index (χ1v) is 6.31. The molecule has 0 radical (unpaired) electrons. The first-order chi connectivity index (χ1) is 8.06. The minimum absolute atomic E-state index is 0. The van der Waals surface area contributed by atoms with Crippen LogP contribution in [0.4, 0.5) is 5.69 Å². The van der Waals surface area contributed by atoms with Gasteiger partial charge in [0, 0.05) is 0 Å². The number of rotatable bonds is 1. The van der Waals surface area contributed by atoms with Crippen LogP contribution in [0.15, 0.2) is 50.4 Å². The SMILES string of the molecule is O=C1C=CC(=Nc2cc(Br)c(O)c(Br)c2)C=C1.[Na+]. The van der Waals surface area contributed by atoms with Crippen molar-refractivity contribution in [3.8, 4) is 5.75 Å². The second kappa shape index (κ2) is 6.82. The number of aliphatic imine (C=N–C) groups is 1. The summed E-state index contributed by atoms with van der Waals surface area (Å²) in [7, 11) is 0. The third kappa shape index (κ3) is 3.90. The monoisotopic (exact) mass is 378 g/mol. The number of phenols is 1. The minimum atomic E-state index is -0.0444. The Labute approximate surface area is 143 Å². The van der Waals surface area contributed by atoms with Gasteiger partial charge in [-0.05, 0) is 68.3 Å². The van der Waals surface area contributed by atoms with Crippen molar-refractivity contribution in [2.24, 2.45) is 4.99 Å². The number of benzene rings is 1. The summed E-state index contributed by atoms with van der Waals surface area (Å²) >= 11 is 6.46. The van der Waals surface area contributed by atoms with Crippen molar-refractivity contribution in [2.75, 3.05) is 0 Å². The molecule has 1 N–H and O–H groups in total. The Morgan fingerprint density at radius 3 is 2.00 bits per heavy atom. The summed E-state index contributed by atoms with van der Waals surface area (Å²) in [5, 5.41) is 9.56. The molecule has 0 saturated heterocycles. The van der Waals surface area contributed by atoms with Gasteiger partial charge in [-0.3, -0.25) is 4.79 Å². The van der Waals surface area contributed by atoms with E-state index in [4.69, 9.17) is 0 Å². The Kier molecular flexibility index (Phi) is 6.01. The molecule has 0 heterocycles. The molecular formula is C12H7Br2NNaO2+. The van der Waals surface area contributed by atoms with E-state index in [0.29, 0.717) is 20.3 Å². The van der Waals surface area contributed by atoms with Gasteiger partial charge in [-0.15, -0.1) is 0 Å². The van der Waals surface area contributed by atoms with Crippen molar-refractivity contribution in [3.05, 3.63) is 45.4 Å². The van der Waals surface area contributed by atoms with Gasteiger partial charge in [-0.2, -0.15) is 0 Å². The van der Waals surface area contributed by atoms with Crippen LogP contribution in [0.25, 0.3) is 0 Å². The molecule has 1 aliphatic carbocycles. The number of carbonyl (C=O) groups excluding carboxylic acids is 1. The van der Waals surface area contributed by atoms with Crippen LogP contribution in [-0.4, -0.2) is 16.6 Å². The molecule has 0 fully saturated rings. The third-order valence-corrected chi connectivity index (χ3v) is 3.31. The molecule has 0 aromatic heterocycles. The first-order valence-electron chi connectivity index (χ1n) is 4.73. The van der Waals surface area contributed by atoms with Crippen LogP contribution in [0.2, 0.25) is 0 Å². The van der Waals surface area contributed by atoms with Crippen LogP contribution in [0, 0.1) is 0 Å². The van der Waals surface area contributed by atoms with Gasteiger partial charge in [-0.1, -0.05) is 0 Å². The third-order valence-electron chi connectivity index (χ3n) is 2.10. The van der Waals surface area contributed by atoms with E-state index in [1.807, 2.05) is 0 Å². The molecule has 6 heteroatoms. The van der Waals surface area contributed by atoms with Gasteiger partial charge in [0.25, 0.3) is 0 Å². The molecule has 0 unspecified atom stereocenters. The Balaban J connectivity index is 0.00000162. The summed E-state index contributed by atoms with van der Waals surface area (Å²) < 4.78 is 1.12. The predicted molar refractivity (Wildman–Crippen MR) is 73.9 cm³/mol. The molecule has 0 atom stereocenters. The number of ketones is 1. The summed E-state index contributed by atoms with van der Waals surface area (Å²) in [5.41, 5.74) is 1.37. The Morgan fingerprint density at radius 1 is 1.00 bits per heavy atom. The zero-order valence-corrected chi connectivity index (χ0v) is 14.7. The Morgan fingerprint density at radius 2 is 1.50 bits per heavy atom. The molecule has 0 aliphatic heterocycles. The van der Waals surface area contributed by atoms with Crippen molar-refractivity contribution < 1.29 is 39.5 Å². The number of phenolic OH excluding ortho intramolecular Hbond substituents is 1. The van der Waals surface area contributed by atoms with E-state index in [1.54, 1.807) is 24.3 Å². The summed E-state index contributed by atoms with van der Waals surface area (Å²) in [6, 6.07) is 3.40. The Hall–Kier alpha value is -0.200. The van der Waals surface area contributed by atoms with Gasteiger partial charge in [0.1, 0.15) is 5.75 Å². The van der Waals surface area contributed by atoms with Crippen LogP contribution in [0.5, 0.6) is 5.75 Å². The quantitative estimate of drug-likeness (QED) is 0.576. The molecule has 18 heavy (non-hydrogen) atoms. The zero-order valence-electron chi connectivity index (χ0n) is 9.52. The van der Waals surface area contributed by atoms with Crippen LogP contribution in [0.1, 0.15) is 0 Å². The average Bonchev–Trinajstić information content (AvgIpc) is 2.29. The van der Waals surface area contributed by atoms with E-state index in [9.17, 15) is 9.90 Å². The number of hydrogen-bond donors (Lipinski definition) is 1. The number of aromatic hydroxyl groups is 1. The average molecular weight is 380 g/mol. The summed E-state index contributed by atoms with van der Waals surface area (Å²) in [4.78, 5) is 15.3. The zero-order chi connectivity index (χ0) is 12.4. The predicted octanol–water partition coefficient (Wildman–Crippen LogP) is 0.689. The molecule has 0 spiro atoms. The molecule has 0 bridgehead atoms. The normalized spacial score (nSPS) is 13.4. The van der Waals surface area contributed by atoms with Crippen LogP contribution in [0.3, 0.4) is 0 Å². The van der Waals surface area contributed by atoms with Crippen molar-refractivity contribution in [3.63, 3.8) is 0 Å². The second-order valence-electron chi connectivity index (χ2n) is 3.36. The summed E-state index contributed by atoms with van der Waals surface area (Å²) in [6.45, 7) is 0. The molecule has 0 amide bonds. The standard InChI is InChI=1S/C12H7Br2NO2.Na/c13-10-5-8(6-11(14)12(10)17)15-7-1-3-9(16)4-2-7;/h1-6,17H;/q;+1. The van der Waals surface area contributed by atoms with Crippen LogP contribution < -0.4 is 29.6 Å². The van der Waals surface area contributed by atoms with E-state index in [2.05, 4.69) is 36.9 Å². The Bertz CT molecular complexity index is 538. The van der Waals surface area contributed by atoms with Gasteiger partial charge in [-0.25, -0.2) is 4.99 Å². The fourth-order valence-electron chi connectivity index (χ4n) is 1.29. The van der Waals surface area contributed by atoms with Crippen molar-refractivity contribution >= 4 is 49.0 Å². The number of halogens is 2. The topological polar surface area (TPSA) is 49.7 Å². The van der Waals surface area contributed by atoms with Crippen molar-refractivity contribution in [2.45, 2.75) is 0 Å². The molecular weight excluding hydrogens is 373 g/mol. The molecule has 3 nitrogen and oxygen atoms in total. The van der Waals surface area contributed by atoms with Gasteiger partial charge in [0.05, 0.1) is 20.3 Å². The van der Waals surface area contributed by atoms with Gasteiger partial charge < -0.3 is 5.11 Å². The molecule has 2 rings (SSSR count). The van der Waals surface area contributed by atoms with Crippen molar-refractivity contribution in [1.82, 2.24) is 0 Å². The molecule has 0 saturated carbocycles. The van der Waals surface area contributed by atoms with Gasteiger partial charge in [0.2, 0.25) is 0 Å². The fraction of sp³-hybridized carbons (Fsp3) is 0. The summed E-state index contributed by atoms with van der Waals surface area (Å²) in [6.07, 6.45) is 6.22. The minimum Gasteiger partial charge on any atom is -0.506 e. The van der Waals surface area contributed by atoms with E-state index in [-0.39, 0.29) is 41.1 Å². The fourth-order valence-corrected chi connectivity index (χ4v) is 2.45. The number of hydrogen-bond acceptors (Lipinski definition) is 3. The summed E-state index contributed by atoms with van der Waals surface area (Å²) in [5.74, 6) is 0.0934. The van der Waals surface area contributed by atoms with E-state index >= 15 is 0 Å². The maximum atomic E-state index is 10.9. The second-order valence-corrected chi connectivity index (χ2v) is 5.07.